The molecule has 0 aliphatic heterocycles. The van der Waals surface area contributed by atoms with E-state index >= 15 is 0 Å². The summed E-state index contributed by atoms with van der Waals surface area (Å²) in [5.74, 6) is 0.520. The van der Waals surface area contributed by atoms with Gasteiger partial charge < -0.3 is 4.74 Å². The van der Waals surface area contributed by atoms with Gasteiger partial charge in [-0.15, -0.1) is 11.3 Å². The average Bonchev–Trinajstić information content (AvgIpc) is 3.08. The zero-order chi connectivity index (χ0) is 15.7. The van der Waals surface area contributed by atoms with Crippen LogP contribution in [0.15, 0.2) is 29.6 Å². The molecule has 1 fully saturated rings. The van der Waals surface area contributed by atoms with Crippen molar-refractivity contribution in [2.45, 2.75) is 19.3 Å². The lowest BCUT2D eigenvalue weighted by Gasteiger charge is -2.04. The maximum Gasteiger partial charge on any atom is 0.160 e. The first-order valence-corrected chi connectivity index (χ1v) is 8.05. The normalized spacial score (nSPS) is 21.0. The van der Waals surface area contributed by atoms with Crippen molar-refractivity contribution in [1.29, 1.82) is 5.26 Å². The number of rotatable bonds is 5. The molecule has 0 unspecified atom stereocenters. The van der Waals surface area contributed by atoms with Crippen LogP contribution in [0, 0.1) is 23.2 Å². The van der Waals surface area contributed by atoms with Gasteiger partial charge in [-0.3, -0.25) is 4.79 Å². The summed E-state index contributed by atoms with van der Waals surface area (Å²) >= 11 is 1.38. The predicted octanol–water partition coefficient (Wildman–Crippen LogP) is 3.65. The van der Waals surface area contributed by atoms with E-state index in [0.717, 1.165) is 23.4 Å². The number of nitrogens with zero attached hydrogens (tertiary/aromatic N) is 2. The molecule has 3 atom stereocenters. The largest absolute Gasteiger partial charge is 0.497 e. The Bertz CT molecular complexity index is 730. The fourth-order valence-corrected chi connectivity index (χ4v) is 3.36. The lowest BCUT2D eigenvalue weighted by molar-refractivity contribution is -0.120. The molecule has 5 heteroatoms. The molecule has 0 radical (unpaired) electrons. The van der Waals surface area contributed by atoms with Gasteiger partial charge in [0.05, 0.1) is 18.9 Å². The van der Waals surface area contributed by atoms with Crippen LogP contribution >= 0.6 is 11.3 Å². The van der Waals surface area contributed by atoms with E-state index in [1.165, 1.54) is 11.3 Å². The third-order valence-electron chi connectivity index (χ3n) is 4.04. The molecular formula is C17H16N2O2S. The molecule has 1 aliphatic carbocycles. The second-order valence-corrected chi connectivity index (χ2v) is 6.47. The minimum atomic E-state index is -0.730. The number of hydrogen-bond donors (Lipinski definition) is 0. The van der Waals surface area contributed by atoms with Gasteiger partial charge in [-0.1, -0.05) is 6.92 Å². The van der Waals surface area contributed by atoms with Crippen LogP contribution in [-0.4, -0.2) is 17.9 Å². The molecule has 1 heterocycles. The van der Waals surface area contributed by atoms with Gasteiger partial charge in [0.25, 0.3) is 0 Å². The molecule has 1 saturated carbocycles. The number of ketones is 1. The molecule has 22 heavy (non-hydrogen) atoms. The van der Waals surface area contributed by atoms with E-state index in [9.17, 15) is 10.1 Å². The molecule has 4 nitrogen and oxygen atoms in total. The number of carbonyl (C=O) groups is 1. The van der Waals surface area contributed by atoms with Crippen LogP contribution in [0.3, 0.4) is 0 Å². The maximum atomic E-state index is 12.3. The summed E-state index contributed by atoms with van der Waals surface area (Å²) in [6, 6.07) is 9.70. The number of thiazole rings is 1. The zero-order valence-electron chi connectivity index (χ0n) is 12.4. The molecule has 0 amide bonds. The molecule has 3 rings (SSSR count). The monoisotopic (exact) mass is 312 g/mol. The minimum Gasteiger partial charge on any atom is -0.497 e. The molecule has 0 N–H and O–H groups in total. The molecule has 2 aromatic rings. The summed E-state index contributed by atoms with van der Waals surface area (Å²) in [5.41, 5.74) is 1.74. The van der Waals surface area contributed by atoms with E-state index in [1.807, 2.05) is 36.6 Å². The highest BCUT2D eigenvalue weighted by Gasteiger charge is 2.43. The zero-order valence-corrected chi connectivity index (χ0v) is 13.3. The number of carbonyl (C=O) groups excluding carboxylic acids is 1. The van der Waals surface area contributed by atoms with Crippen molar-refractivity contribution in [3.05, 3.63) is 34.7 Å². The van der Waals surface area contributed by atoms with Gasteiger partial charge >= 0.3 is 0 Å². The third-order valence-corrected chi connectivity index (χ3v) is 4.95. The number of nitriles is 1. The number of benzene rings is 1. The van der Waals surface area contributed by atoms with Crippen LogP contribution in [-0.2, 0) is 4.79 Å². The van der Waals surface area contributed by atoms with Crippen LogP contribution in [0.1, 0.15) is 24.3 Å². The molecule has 1 aromatic carbocycles. The SMILES string of the molecule is COc1ccc(-c2csc([C@H](C#N)C(=O)[C@@H]3C[C@@H]3C)n2)cc1. The standard InChI is InChI=1S/C17H16N2O2S/c1-10-7-13(10)16(20)14(8-18)17-19-15(9-22-17)11-3-5-12(21-2)6-4-11/h3-6,9-10,13-14H,7H2,1-2H3/t10-,13+,14+/m0/s1. The Morgan fingerprint density at radius 1 is 1.45 bits per heavy atom. The van der Waals surface area contributed by atoms with E-state index in [-0.39, 0.29) is 11.7 Å². The molecule has 1 aromatic heterocycles. The number of aromatic nitrogens is 1. The number of hydrogen-bond acceptors (Lipinski definition) is 5. The Balaban J connectivity index is 1.82. The Hall–Kier alpha value is -2.19. The molecule has 0 spiro atoms. The van der Waals surface area contributed by atoms with Crippen molar-refractivity contribution in [2.75, 3.05) is 7.11 Å². The summed E-state index contributed by atoms with van der Waals surface area (Å²) in [4.78, 5) is 16.8. The lowest BCUT2D eigenvalue weighted by atomic mass is 10.0. The van der Waals surface area contributed by atoms with Crippen molar-refractivity contribution < 1.29 is 9.53 Å². The first-order chi connectivity index (χ1) is 10.6. The summed E-state index contributed by atoms with van der Waals surface area (Å²) in [6.07, 6.45) is 0.897. The van der Waals surface area contributed by atoms with Gasteiger partial charge in [-0.05, 0) is 36.6 Å². The smallest absolute Gasteiger partial charge is 0.160 e. The van der Waals surface area contributed by atoms with Gasteiger partial charge in [0, 0.05) is 16.9 Å². The first-order valence-electron chi connectivity index (χ1n) is 7.17. The summed E-state index contributed by atoms with van der Waals surface area (Å²) in [7, 11) is 1.62. The maximum absolute atomic E-state index is 12.3. The van der Waals surface area contributed by atoms with Crippen molar-refractivity contribution in [3.63, 3.8) is 0 Å². The van der Waals surface area contributed by atoms with Crippen molar-refractivity contribution >= 4 is 17.1 Å². The Labute approximate surface area is 133 Å². The fraction of sp³-hybridized carbons (Fsp3) is 0.353. The van der Waals surface area contributed by atoms with Crippen LogP contribution in [0.5, 0.6) is 5.75 Å². The number of methoxy groups -OCH3 is 1. The lowest BCUT2D eigenvalue weighted by Crippen LogP contribution is -2.13. The van der Waals surface area contributed by atoms with Gasteiger partial charge in [-0.2, -0.15) is 5.26 Å². The van der Waals surface area contributed by atoms with Gasteiger partial charge in [0.15, 0.2) is 11.7 Å². The quantitative estimate of drug-likeness (QED) is 0.845. The molecule has 1 aliphatic rings. The highest BCUT2D eigenvalue weighted by molar-refractivity contribution is 7.10. The number of ether oxygens (including phenoxy) is 1. The predicted molar refractivity (Wildman–Crippen MR) is 84.7 cm³/mol. The van der Waals surface area contributed by atoms with Gasteiger partial charge in [-0.25, -0.2) is 4.98 Å². The Morgan fingerprint density at radius 2 is 2.14 bits per heavy atom. The van der Waals surface area contributed by atoms with E-state index in [1.54, 1.807) is 7.11 Å². The Kier molecular flexibility index (Phi) is 3.95. The topological polar surface area (TPSA) is 63.0 Å². The van der Waals surface area contributed by atoms with E-state index in [2.05, 4.69) is 11.1 Å². The summed E-state index contributed by atoms with van der Waals surface area (Å²) in [5, 5.41) is 11.8. The third kappa shape index (κ3) is 2.75. The van der Waals surface area contributed by atoms with Gasteiger partial charge in [0.2, 0.25) is 0 Å². The van der Waals surface area contributed by atoms with E-state index in [0.29, 0.717) is 10.9 Å². The molecular weight excluding hydrogens is 296 g/mol. The summed E-state index contributed by atoms with van der Waals surface area (Å²) in [6.45, 7) is 2.04. The average molecular weight is 312 g/mol. The van der Waals surface area contributed by atoms with Crippen LogP contribution in [0.25, 0.3) is 11.3 Å². The Morgan fingerprint density at radius 3 is 2.68 bits per heavy atom. The highest BCUT2D eigenvalue weighted by Crippen LogP contribution is 2.42. The second kappa shape index (κ2) is 5.90. The molecule has 112 valence electrons. The van der Waals surface area contributed by atoms with Gasteiger partial charge in [0.1, 0.15) is 10.8 Å². The van der Waals surface area contributed by atoms with Crippen molar-refractivity contribution in [1.82, 2.24) is 4.98 Å². The van der Waals surface area contributed by atoms with E-state index < -0.39 is 5.92 Å². The first kappa shape index (κ1) is 14.7. The van der Waals surface area contributed by atoms with Crippen LogP contribution in [0.4, 0.5) is 0 Å². The summed E-state index contributed by atoms with van der Waals surface area (Å²) < 4.78 is 5.14. The fourth-order valence-electron chi connectivity index (χ4n) is 2.49. The number of Topliss-reactive ketones (excluding diaryl/α,β-unsaturated/α-hetero) is 1. The minimum absolute atomic E-state index is 0.0191. The molecule has 0 bridgehead atoms. The molecule has 0 saturated heterocycles. The van der Waals surface area contributed by atoms with Crippen LogP contribution < -0.4 is 4.74 Å². The van der Waals surface area contributed by atoms with E-state index in [4.69, 9.17) is 4.74 Å². The van der Waals surface area contributed by atoms with Crippen LogP contribution in [0.2, 0.25) is 0 Å². The van der Waals surface area contributed by atoms with Crippen molar-refractivity contribution in [2.24, 2.45) is 11.8 Å². The van der Waals surface area contributed by atoms with Crippen molar-refractivity contribution in [3.8, 4) is 23.1 Å². The highest BCUT2D eigenvalue weighted by atomic mass is 32.1. The second-order valence-electron chi connectivity index (χ2n) is 5.58.